The van der Waals surface area contributed by atoms with Crippen LogP contribution in [-0.4, -0.2) is 13.1 Å². The molecule has 2 aromatic rings. The summed E-state index contributed by atoms with van der Waals surface area (Å²) in [6.07, 6.45) is 0.995. The summed E-state index contributed by atoms with van der Waals surface area (Å²) in [6.45, 7) is 2.11. The Morgan fingerprint density at radius 3 is 2.52 bits per heavy atom. The Hall–Kier alpha value is -2.25. The first-order chi connectivity index (χ1) is 10.2. The molecule has 2 aromatic carbocycles. The number of rotatable bonds is 4. The number of ether oxygens (including phenoxy) is 1. The van der Waals surface area contributed by atoms with Crippen molar-refractivity contribution in [2.24, 2.45) is 0 Å². The molecule has 0 heterocycles. The normalized spacial score (nSPS) is 9.95. The maximum atomic E-state index is 11.8. The molecule has 0 fully saturated rings. The molecule has 3 nitrogen and oxygen atoms in total. The van der Waals surface area contributed by atoms with E-state index in [-0.39, 0.29) is 0 Å². The zero-order valence-corrected chi connectivity index (χ0v) is 12.7. The van der Waals surface area contributed by atoms with Gasteiger partial charge >= 0.3 is 5.97 Å². The smallest absolute Gasteiger partial charge is 0.339 e. The molecule has 0 bridgehead atoms. The lowest BCUT2D eigenvalue weighted by Crippen LogP contribution is -2.03. The van der Waals surface area contributed by atoms with Crippen molar-refractivity contribution in [2.45, 2.75) is 23.1 Å². The van der Waals surface area contributed by atoms with E-state index >= 15 is 0 Å². The third-order valence-electron chi connectivity index (χ3n) is 3.07. The number of carbonyl (C=O) groups is 1. The summed E-state index contributed by atoms with van der Waals surface area (Å²) in [6, 6.07) is 15.3. The van der Waals surface area contributed by atoms with Gasteiger partial charge in [-0.15, -0.1) is 0 Å². The van der Waals surface area contributed by atoms with E-state index in [1.54, 1.807) is 18.2 Å². The lowest BCUT2D eigenvalue weighted by molar-refractivity contribution is 0.0596. The zero-order valence-electron chi connectivity index (χ0n) is 11.9. The fourth-order valence-electron chi connectivity index (χ4n) is 1.88. The number of hydrogen-bond donors (Lipinski definition) is 0. The lowest BCUT2D eigenvalue weighted by atomic mass is 10.1. The van der Waals surface area contributed by atoms with Crippen LogP contribution in [-0.2, 0) is 11.2 Å². The first-order valence-corrected chi connectivity index (χ1v) is 7.38. The Labute approximate surface area is 128 Å². The van der Waals surface area contributed by atoms with Crippen LogP contribution in [0.4, 0.5) is 0 Å². The molecule has 106 valence electrons. The van der Waals surface area contributed by atoms with Crippen LogP contribution in [0.25, 0.3) is 0 Å². The number of carbonyl (C=O) groups excluding carboxylic acids is 1. The number of hydrogen-bond acceptors (Lipinski definition) is 4. The quantitative estimate of drug-likeness (QED) is 0.799. The minimum atomic E-state index is -0.431. The van der Waals surface area contributed by atoms with Crippen molar-refractivity contribution in [3.05, 3.63) is 59.2 Å². The Kier molecular flexibility index (Phi) is 5.02. The van der Waals surface area contributed by atoms with Crippen LogP contribution in [0.1, 0.15) is 28.4 Å². The second-order valence-electron chi connectivity index (χ2n) is 4.41. The molecule has 2 rings (SSSR count). The van der Waals surface area contributed by atoms with Gasteiger partial charge in [-0.05, 0) is 42.3 Å². The van der Waals surface area contributed by atoms with Crippen molar-refractivity contribution in [1.29, 1.82) is 5.26 Å². The number of benzene rings is 2. The lowest BCUT2D eigenvalue weighted by Gasteiger charge is -2.08. The number of esters is 1. The van der Waals surface area contributed by atoms with Crippen LogP contribution in [0, 0.1) is 11.3 Å². The van der Waals surface area contributed by atoms with E-state index in [0.717, 1.165) is 16.2 Å². The summed E-state index contributed by atoms with van der Waals surface area (Å²) >= 11 is 1.49. The second kappa shape index (κ2) is 6.96. The molecule has 0 atom stereocenters. The van der Waals surface area contributed by atoms with Gasteiger partial charge in [-0.3, -0.25) is 0 Å². The van der Waals surface area contributed by atoms with Crippen LogP contribution in [0.2, 0.25) is 0 Å². The summed E-state index contributed by atoms with van der Waals surface area (Å²) in [5.41, 5.74) is 2.13. The molecule has 0 unspecified atom stereocenters. The van der Waals surface area contributed by atoms with Crippen molar-refractivity contribution in [3.63, 3.8) is 0 Å². The van der Waals surface area contributed by atoms with Crippen molar-refractivity contribution in [1.82, 2.24) is 0 Å². The molecule has 0 aliphatic carbocycles. The van der Waals surface area contributed by atoms with Gasteiger partial charge in [0, 0.05) is 9.79 Å². The van der Waals surface area contributed by atoms with Crippen molar-refractivity contribution >= 4 is 17.7 Å². The fourth-order valence-corrected chi connectivity index (χ4v) is 2.79. The monoisotopic (exact) mass is 297 g/mol. The van der Waals surface area contributed by atoms with Gasteiger partial charge in [0.1, 0.15) is 0 Å². The molecule has 0 amide bonds. The van der Waals surface area contributed by atoms with Crippen molar-refractivity contribution in [3.8, 4) is 6.07 Å². The maximum absolute atomic E-state index is 11.8. The highest BCUT2D eigenvalue weighted by atomic mass is 32.2. The van der Waals surface area contributed by atoms with E-state index in [2.05, 4.69) is 19.1 Å². The topological polar surface area (TPSA) is 50.1 Å². The summed E-state index contributed by atoms with van der Waals surface area (Å²) in [4.78, 5) is 13.7. The molecule has 0 saturated heterocycles. The Bertz CT molecular complexity index is 687. The van der Waals surface area contributed by atoms with Gasteiger partial charge in [0.15, 0.2) is 0 Å². The third-order valence-corrected chi connectivity index (χ3v) is 4.16. The van der Waals surface area contributed by atoms with E-state index in [1.807, 2.05) is 18.2 Å². The largest absolute Gasteiger partial charge is 0.465 e. The average Bonchev–Trinajstić information content (AvgIpc) is 2.55. The molecule has 0 aliphatic rings. The molecule has 21 heavy (non-hydrogen) atoms. The number of aryl methyl sites for hydroxylation is 1. The fraction of sp³-hybridized carbons (Fsp3) is 0.176. The molecule has 0 N–H and O–H groups in total. The summed E-state index contributed by atoms with van der Waals surface area (Å²) in [5, 5.41) is 8.95. The van der Waals surface area contributed by atoms with Crippen LogP contribution in [0.3, 0.4) is 0 Å². The summed E-state index contributed by atoms with van der Waals surface area (Å²) in [5.74, 6) is -0.431. The van der Waals surface area contributed by atoms with Crippen LogP contribution < -0.4 is 0 Å². The zero-order chi connectivity index (χ0) is 15.2. The van der Waals surface area contributed by atoms with Gasteiger partial charge in [0.2, 0.25) is 0 Å². The Morgan fingerprint density at radius 2 is 1.95 bits per heavy atom. The predicted octanol–water partition coefficient (Wildman–Crippen LogP) is 4.06. The van der Waals surface area contributed by atoms with Gasteiger partial charge in [0.05, 0.1) is 24.3 Å². The van der Waals surface area contributed by atoms with Crippen molar-refractivity contribution in [2.75, 3.05) is 7.11 Å². The van der Waals surface area contributed by atoms with E-state index < -0.39 is 5.97 Å². The summed E-state index contributed by atoms with van der Waals surface area (Å²) < 4.78 is 4.79. The molecular formula is C17H15NO2S. The first-order valence-electron chi connectivity index (χ1n) is 6.57. The van der Waals surface area contributed by atoms with Gasteiger partial charge in [-0.1, -0.05) is 30.8 Å². The minimum absolute atomic E-state index is 0.418. The number of nitrogens with zero attached hydrogens (tertiary/aromatic N) is 1. The van der Waals surface area contributed by atoms with Gasteiger partial charge in [-0.25, -0.2) is 4.79 Å². The number of methoxy groups -OCH3 is 1. The van der Waals surface area contributed by atoms with Crippen LogP contribution in [0.5, 0.6) is 0 Å². The van der Waals surface area contributed by atoms with Gasteiger partial charge < -0.3 is 4.74 Å². The number of nitriles is 1. The molecule has 4 heteroatoms. The highest BCUT2D eigenvalue weighted by Crippen LogP contribution is 2.31. The maximum Gasteiger partial charge on any atom is 0.339 e. The Balaban J connectivity index is 2.34. The second-order valence-corrected chi connectivity index (χ2v) is 5.53. The highest BCUT2D eigenvalue weighted by molar-refractivity contribution is 7.99. The molecule has 0 aliphatic heterocycles. The average molecular weight is 297 g/mol. The predicted molar refractivity (Wildman–Crippen MR) is 82.4 cm³/mol. The van der Waals surface area contributed by atoms with E-state index in [1.165, 1.54) is 24.4 Å². The molecule has 0 saturated carbocycles. The van der Waals surface area contributed by atoms with E-state index in [0.29, 0.717) is 11.1 Å². The molecular weight excluding hydrogens is 282 g/mol. The first kappa shape index (κ1) is 15.1. The molecule has 0 radical (unpaired) electrons. The Morgan fingerprint density at radius 1 is 1.24 bits per heavy atom. The SMILES string of the molecule is CCc1ccc(Sc2ccc(C#N)cc2C(=O)OC)cc1. The van der Waals surface area contributed by atoms with Gasteiger partial charge in [0.25, 0.3) is 0 Å². The van der Waals surface area contributed by atoms with E-state index in [4.69, 9.17) is 10.00 Å². The van der Waals surface area contributed by atoms with Crippen molar-refractivity contribution < 1.29 is 9.53 Å². The van der Waals surface area contributed by atoms with Crippen LogP contribution >= 0.6 is 11.8 Å². The third kappa shape index (κ3) is 3.65. The molecule has 0 spiro atoms. The highest BCUT2D eigenvalue weighted by Gasteiger charge is 2.14. The summed E-state index contributed by atoms with van der Waals surface area (Å²) in [7, 11) is 1.34. The van der Waals surface area contributed by atoms with E-state index in [9.17, 15) is 4.79 Å². The minimum Gasteiger partial charge on any atom is -0.465 e. The molecule has 0 aromatic heterocycles. The standard InChI is InChI=1S/C17H15NO2S/c1-3-12-4-7-14(8-5-12)21-16-9-6-13(11-18)10-15(16)17(19)20-2/h4-10H,3H2,1-2H3. The van der Waals surface area contributed by atoms with Crippen LogP contribution in [0.15, 0.2) is 52.3 Å². The van der Waals surface area contributed by atoms with Gasteiger partial charge in [-0.2, -0.15) is 5.26 Å².